The summed E-state index contributed by atoms with van der Waals surface area (Å²) in [5.74, 6) is -0.641. The minimum atomic E-state index is -0.820. The number of benzene rings is 2. The van der Waals surface area contributed by atoms with Crippen molar-refractivity contribution in [2.24, 2.45) is 0 Å². The lowest BCUT2D eigenvalue weighted by Gasteiger charge is -2.10. The van der Waals surface area contributed by atoms with Gasteiger partial charge in [-0.1, -0.05) is 17.7 Å². The molecule has 0 aliphatic heterocycles. The number of nitrogens with one attached hydrogen (secondary N) is 2. The minimum absolute atomic E-state index is 0.399. The lowest BCUT2D eigenvalue weighted by molar-refractivity contribution is -0.132. The van der Waals surface area contributed by atoms with Gasteiger partial charge in [0.25, 0.3) is 0 Å². The summed E-state index contributed by atoms with van der Waals surface area (Å²) in [4.78, 5) is 28.0. The summed E-state index contributed by atoms with van der Waals surface area (Å²) in [5, 5.41) is 5.44. The van der Waals surface area contributed by atoms with Gasteiger partial charge in [0.2, 0.25) is 0 Å². The topological polar surface area (TPSA) is 93.5 Å². The highest BCUT2D eigenvalue weighted by Gasteiger charge is 2.16. The van der Waals surface area contributed by atoms with Crippen LogP contribution in [0.4, 0.5) is 11.4 Å². The number of amides is 2. The molecule has 0 bridgehead atoms. The molecule has 0 unspecified atom stereocenters. The summed E-state index contributed by atoms with van der Waals surface area (Å²) < 4.78 is 10.6. The number of hydrogen-bond donors (Lipinski definition) is 2. The minimum Gasteiger partial charge on any atom is -0.496 e. The fourth-order valence-electron chi connectivity index (χ4n) is 2.26. The summed E-state index contributed by atoms with van der Waals surface area (Å²) in [7, 11) is 1.49. The van der Waals surface area contributed by atoms with Gasteiger partial charge < -0.3 is 19.8 Å². The number of rotatable bonds is 4. The SMILES string of the molecule is COc1cc(NC(=O)C(=O)Nc2cccc(Cl)c2)ccc1-c1cnco1. The Kier molecular flexibility index (Phi) is 5.19. The maximum atomic E-state index is 12.1. The molecule has 2 N–H and O–H groups in total. The van der Waals surface area contributed by atoms with Gasteiger partial charge in [0.15, 0.2) is 12.2 Å². The molecule has 0 radical (unpaired) electrons. The number of oxazole rings is 1. The number of methoxy groups -OCH3 is 1. The predicted octanol–water partition coefficient (Wildman–Crippen LogP) is 3.58. The second-order valence-corrected chi connectivity index (χ2v) is 5.64. The summed E-state index contributed by atoms with van der Waals surface area (Å²) in [6.45, 7) is 0. The van der Waals surface area contributed by atoms with Gasteiger partial charge in [-0.2, -0.15) is 0 Å². The number of nitrogens with zero attached hydrogens (tertiary/aromatic N) is 1. The molecular formula is C18H14ClN3O4. The van der Waals surface area contributed by atoms with Crippen LogP contribution in [0.2, 0.25) is 5.02 Å². The molecule has 2 amide bonds. The Hall–Kier alpha value is -3.32. The number of carbonyl (C=O) groups is 2. The molecule has 0 fully saturated rings. The average Bonchev–Trinajstić information content (AvgIpc) is 3.16. The summed E-state index contributed by atoms with van der Waals surface area (Å²) in [5.41, 5.74) is 1.50. The van der Waals surface area contributed by atoms with E-state index in [1.54, 1.807) is 48.7 Å². The smallest absolute Gasteiger partial charge is 0.314 e. The third-order valence-electron chi connectivity index (χ3n) is 3.45. The fourth-order valence-corrected chi connectivity index (χ4v) is 2.45. The highest BCUT2D eigenvalue weighted by molar-refractivity contribution is 6.43. The van der Waals surface area contributed by atoms with Crippen LogP contribution in [0, 0.1) is 0 Å². The van der Waals surface area contributed by atoms with E-state index in [2.05, 4.69) is 15.6 Å². The monoisotopic (exact) mass is 371 g/mol. The Morgan fingerprint density at radius 3 is 2.42 bits per heavy atom. The maximum absolute atomic E-state index is 12.1. The zero-order valence-corrected chi connectivity index (χ0v) is 14.4. The first-order valence-electron chi connectivity index (χ1n) is 7.51. The van der Waals surface area contributed by atoms with Crippen molar-refractivity contribution >= 4 is 34.8 Å². The Balaban J connectivity index is 1.72. The van der Waals surface area contributed by atoms with Crippen LogP contribution in [0.5, 0.6) is 5.75 Å². The highest BCUT2D eigenvalue weighted by Crippen LogP contribution is 2.32. The average molecular weight is 372 g/mol. The molecule has 0 aliphatic carbocycles. The van der Waals surface area contributed by atoms with E-state index in [0.29, 0.717) is 33.5 Å². The van der Waals surface area contributed by atoms with E-state index in [-0.39, 0.29) is 0 Å². The largest absolute Gasteiger partial charge is 0.496 e. The van der Waals surface area contributed by atoms with Crippen LogP contribution in [-0.2, 0) is 9.59 Å². The summed E-state index contributed by atoms with van der Waals surface area (Å²) in [6.07, 6.45) is 2.86. The van der Waals surface area contributed by atoms with Crippen molar-refractivity contribution in [3.63, 3.8) is 0 Å². The van der Waals surface area contributed by atoms with Crippen molar-refractivity contribution in [3.8, 4) is 17.1 Å². The molecule has 132 valence electrons. The Morgan fingerprint density at radius 2 is 1.81 bits per heavy atom. The number of aromatic nitrogens is 1. The van der Waals surface area contributed by atoms with Crippen molar-refractivity contribution in [1.82, 2.24) is 4.98 Å². The van der Waals surface area contributed by atoms with Crippen LogP contribution >= 0.6 is 11.6 Å². The zero-order valence-electron chi connectivity index (χ0n) is 13.7. The molecule has 2 aromatic carbocycles. The van der Waals surface area contributed by atoms with Crippen molar-refractivity contribution in [1.29, 1.82) is 0 Å². The second kappa shape index (κ2) is 7.71. The fraction of sp³-hybridized carbons (Fsp3) is 0.0556. The summed E-state index contributed by atoms with van der Waals surface area (Å²) >= 11 is 5.85. The van der Waals surface area contributed by atoms with Crippen LogP contribution in [-0.4, -0.2) is 23.9 Å². The third kappa shape index (κ3) is 4.01. The molecule has 0 atom stereocenters. The van der Waals surface area contributed by atoms with E-state index < -0.39 is 11.8 Å². The van der Waals surface area contributed by atoms with Crippen LogP contribution in [0.3, 0.4) is 0 Å². The van der Waals surface area contributed by atoms with Crippen molar-refractivity contribution in [3.05, 3.63) is 60.1 Å². The molecule has 8 heteroatoms. The quantitative estimate of drug-likeness (QED) is 0.684. The van der Waals surface area contributed by atoms with E-state index in [1.165, 1.54) is 13.5 Å². The van der Waals surface area contributed by atoms with Crippen LogP contribution in [0.1, 0.15) is 0 Å². The second-order valence-electron chi connectivity index (χ2n) is 5.20. The Bertz CT molecular complexity index is 941. The molecule has 0 saturated carbocycles. The molecule has 1 aromatic heterocycles. The van der Waals surface area contributed by atoms with Crippen LogP contribution < -0.4 is 15.4 Å². The van der Waals surface area contributed by atoms with E-state index in [1.807, 2.05) is 0 Å². The number of anilines is 2. The lowest BCUT2D eigenvalue weighted by atomic mass is 10.1. The first-order valence-corrected chi connectivity index (χ1v) is 7.89. The highest BCUT2D eigenvalue weighted by atomic mass is 35.5. The number of carbonyl (C=O) groups excluding carboxylic acids is 2. The molecule has 0 aliphatic rings. The van der Waals surface area contributed by atoms with Gasteiger partial charge in [-0.3, -0.25) is 9.59 Å². The van der Waals surface area contributed by atoms with Crippen molar-refractivity contribution < 1.29 is 18.7 Å². The van der Waals surface area contributed by atoms with E-state index in [4.69, 9.17) is 20.8 Å². The van der Waals surface area contributed by atoms with E-state index in [9.17, 15) is 9.59 Å². The normalized spacial score (nSPS) is 10.2. The van der Waals surface area contributed by atoms with Crippen molar-refractivity contribution in [2.45, 2.75) is 0 Å². The Morgan fingerprint density at radius 1 is 1.08 bits per heavy atom. The third-order valence-corrected chi connectivity index (χ3v) is 3.68. The lowest BCUT2D eigenvalue weighted by Crippen LogP contribution is -2.29. The summed E-state index contributed by atoms with van der Waals surface area (Å²) in [6, 6.07) is 11.4. The predicted molar refractivity (Wildman–Crippen MR) is 97.2 cm³/mol. The van der Waals surface area contributed by atoms with Gasteiger partial charge in [0, 0.05) is 22.5 Å². The van der Waals surface area contributed by atoms with Gasteiger partial charge in [0.1, 0.15) is 5.75 Å². The first kappa shape index (κ1) is 17.5. The molecule has 7 nitrogen and oxygen atoms in total. The standard InChI is InChI=1S/C18H14ClN3O4/c1-25-15-8-13(5-6-14(15)16-9-20-10-26-16)22-18(24)17(23)21-12-4-2-3-11(19)7-12/h2-10H,1H3,(H,21,23)(H,22,24). The van der Waals surface area contributed by atoms with E-state index in [0.717, 1.165) is 0 Å². The molecule has 0 spiro atoms. The molecular weight excluding hydrogens is 358 g/mol. The maximum Gasteiger partial charge on any atom is 0.314 e. The van der Waals surface area contributed by atoms with Gasteiger partial charge in [0.05, 0.1) is 18.9 Å². The van der Waals surface area contributed by atoms with Crippen LogP contribution in [0.25, 0.3) is 11.3 Å². The van der Waals surface area contributed by atoms with Gasteiger partial charge in [-0.15, -0.1) is 0 Å². The van der Waals surface area contributed by atoms with Crippen molar-refractivity contribution in [2.75, 3.05) is 17.7 Å². The molecule has 3 rings (SSSR count). The van der Waals surface area contributed by atoms with Gasteiger partial charge in [-0.05, 0) is 30.3 Å². The molecule has 3 aromatic rings. The number of halogens is 1. The molecule has 1 heterocycles. The first-order chi connectivity index (χ1) is 12.6. The zero-order chi connectivity index (χ0) is 18.5. The molecule has 0 saturated heterocycles. The van der Waals surface area contributed by atoms with Crippen LogP contribution in [0.15, 0.2) is 59.5 Å². The van der Waals surface area contributed by atoms with Gasteiger partial charge in [-0.25, -0.2) is 4.98 Å². The van der Waals surface area contributed by atoms with E-state index >= 15 is 0 Å². The Labute approximate surface area is 153 Å². The molecule has 26 heavy (non-hydrogen) atoms. The number of ether oxygens (including phenoxy) is 1. The van der Waals surface area contributed by atoms with Gasteiger partial charge >= 0.3 is 11.8 Å². The number of hydrogen-bond acceptors (Lipinski definition) is 5.